The van der Waals surface area contributed by atoms with Crippen molar-refractivity contribution in [2.45, 2.75) is 19.7 Å². The molecule has 1 aliphatic rings. The van der Waals surface area contributed by atoms with Crippen molar-refractivity contribution in [2.75, 3.05) is 26.2 Å². The Morgan fingerprint density at radius 2 is 1.42 bits per heavy atom. The van der Waals surface area contributed by atoms with Gasteiger partial charge in [0.25, 0.3) is 0 Å². The van der Waals surface area contributed by atoms with Crippen molar-refractivity contribution in [3.63, 3.8) is 0 Å². The Bertz CT molecular complexity index is 685. The largest absolute Gasteiger partial charge is 0.392 e. The maximum Gasteiger partial charge on any atom is 0.159 e. The van der Waals surface area contributed by atoms with Gasteiger partial charge in [-0.1, -0.05) is 30.3 Å². The van der Waals surface area contributed by atoms with Crippen LogP contribution in [0.3, 0.4) is 0 Å². The third-order valence-electron chi connectivity index (χ3n) is 4.54. The van der Waals surface area contributed by atoms with Gasteiger partial charge in [0.2, 0.25) is 0 Å². The first-order valence-corrected chi connectivity index (χ1v) is 8.22. The normalized spacial score (nSPS) is 16.5. The number of aliphatic hydroxyl groups excluding tert-OH is 1. The van der Waals surface area contributed by atoms with Gasteiger partial charge in [-0.15, -0.1) is 0 Å². The Morgan fingerprint density at radius 3 is 2.04 bits per heavy atom. The smallest absolute Gasteiger partial charge is 0.159 e. The van der Waals surface area contributed by atoms with Crippen molar-refractivity contribution < 1.29 is 13.9 Å². The fourth-order valence-electron chi connectivity index (χ4n) is 3.11. The van der Waals surface area contributed by atoms with Crippen LogP contribution in [-0.2, 0) is 19.7 Å². The van der Waals surface area contributed by atoms with E-state index in [2.05, 4.69) is 15.9 Å². The molecule has 0 spiro atoms. The lowest BCUT2D eigenvalue weighted by molar-refractivity contribution is 0.121. The predicted molar refractivity (Wildman–Crippen MR) is 89.3 cm³/mol. The van der Waals surface area contributed by atoms with Crippen LogP contribution in [0.5, 0.6) is 0 Å². The van der Waals surface area contributed by atoms with Crippen molar-refractivity contribution in [2.24, 2.45) is 0 Å². The Kier molecular flexibility index (Phi) is 5.56. The highest BCUT2D eigenvalue weighted by Crippen LogP contribution is 2.16. The molecule has 3 nitrogen and oxygen atoms in total. The van der Waals surface area contributed by atoms with Crippen molar-refractivity contribution in [1.29, 1.82) is 0 Å². The second kappa shape index (κ2) is 7.83. The van der Waals surface area contributed by atoms with Gasteiger partial charge in [0, 0.05) is 39.3 Å². The third-order valence-corrected chi connectivity index (χ3v) is 4.54. The number of aliphatic hydroxyl groups is 1. The lowest BCUT2D eigenvalue weighted by Crippen LogP contribution is -2.45. The zero-order chi connectivity index (χ0) is 16.9. The van der Waals surface area contributed by atoms with E-state index in [-0.39, 0.29) is 6.61 Å². The molecule has 24 heavy (non-hydrogen) atoms. The summed E-state index contributed by atoms with van der Waals surface area (Å²) in [7, 11) is 0. The highest BCUT2D eigenvalue weighted by atomic mass is 19.2. The lowest BCUT2D eigenvalue weighted by Gasteiger charge is -2.35. The number of piperazine rings is 1. The molecule has 1 fully saturated rings. The van der Waals surface area contributed by atoms with E-state index in [1.165, 1.54) is 12.1 Å². The van der Waals surface area contributed by atoms with Crippen molar-refractivity contribution >= 4 is 0 Å². The SMILES string of the molecule is OCc1ccccc1CN1CCN(Cc2ccc(F)c(F)c2)CC1. The van der Waals surface area contributed by atoms with Gasteiger partial charge >= 0.3 is 0 Å². The van der Waals surface area contributed by atoms with Crippen LogP contribution in [0.4, 0.5) is 8.78 Å². The Balaban J connectivity index is 1.53. The molecular formula is C19H22F2N2O. The van der Waals surface area contributed by atoms with Crippen molar-refractivity contribution in [1.82, 2.24) is 9.80 Å². The Hall–Kier alpha value is -1.82. The summed E-state index contributed by atoms with van der Waals surface area (Å²) in [5, 5.41) is 9.41. The van der Waals surface area contributed by atoms with Gasteiger partial charge in [0.1, 0.15) is 0 Å². The summed E-state index contributed by atoms with van der Waals surface area (Å²) >= 11 is 0. The number of benzene rings is 2. The molecule has 5 heteroatoms. The van der Waals surface area contributed by atoms with Crippen LogP contribution in [-0.4, -0.2) is 41.1 Å². The summed E-state index contributed by atoms with van der Waals surface area (Å²) in [5.74, 6) is -1.59. The van der Waals surface area contributed by atoms with Crippen LogP contribution >= 0.6 is 0 Å². The fraction of sp³-hybridized carbons (Fsp3) is 0.368. The molecule has 0 aromatic heterocycles. The molecule has 128 valence electrons. The minimum Gasteiger partial charge on any atom is -0.392 e. The minimum absolute atomic E-state index is 0.0618. The van der Waals surface area contributed by atoms with E-state index in [4.69, 9.17) is 0 Å². The fourth-order valence-corrected chi connectivity index (χ4v) is 3.11. The Labute approximate surface area is 141 Å². The topological polar surface area (TPSA) is 26.7 Å². The first-order chi connectivity index (χ1) is 11.7. The maximum absolute atomic E-state index is 13.3. The summed E-state index contributed by atoms with van der Waals surface area (Å²) in [6, 6.07) is 12.0. The number of hydrogen-bond acceptors (Lipinski definition) is 3. The molecule has 0 saturated carbocycles. The van der Waals surface area contributed by atoms with Crippen LogP contribution in [0.1, 0.15) is 16.7 Å². The van der Waals surface area contributed by atoms with E-state index < -0.39 is 11.6 Å². The van der Waals surface area contributed by atoms with Crippen LogP contribution in [0, 0.1) is 11.6 Å². The summed E-state index contributed by atoms with van der Waals surface area (Å²) in [5.41, 5.74) is 2.93. The van der Waals surface area contributed by atoms with Crippen LogP contribution in [0.2, 0.25) is 0 Å². The summed E-state index contributed by atoms with van der Waals surface area (Å²) in [6.07, 6.45) is 0. The maximum atomic E-state index is 13.3. The van der Waals surface area contributed by atoms with Crippen molar-refractivity contribution in [3.05, 3.63) is 70.8 Å². The lowest BCUT2D eigenvalue weighted by atomic mass is 10.1. The first-order valence-electron chi connectivity index (χ1n) is 8.22. The van der Waals surface area contributed by atoms with Crippen LogP contribution < -0.4 is 0 Å². The summed E-state index contributed by atoms with van der Waals surface area (Å²) in [4.78, 5) is 4.61. The van der Waals surface area contributed by atoms with Gasteiger partial charge in [-0.25, -0.2) is 8.78 Å². The highest BCUT2D eigenvalue weighted by Gasteiger charge is 2.18. The molecule has 1 heterocycles. The quantitative estimate of drug-likeness (QED) is 0.912. The molecule has 2 aromatic carbocycles. The second-order valence-electron chi connectivity index (χ2n) is 6.23. The molecule has 1 N–H and O–H groups in total. The van der Waals surface area contributed by atoms with E-state index in [1.54, 1.807) is 6.07 Å². The van der Waals surface area contributed by atoms with Crippen LogP contribution in [0.15, 0.2) is 42.5 Å². The molecule has 0 unspecified atom stereocenters. The standard InChI is InChI=1S/C19H22F2N2O/c20-18-6-5-15(11-19(18)21)12-22-7-9-23(10-8-22)13-16-3-1-2-4-17(16)14-24/h1-6,11,24H,7-10,12-14H2. The van der Waals surface area contributed by atoms with Gasteiger partial charge in [0.05, 0.1) is 6.61 Å². The number of hydrogen-bond donors (Lipinski definition) is 1. The number of nitrogens with zero attached hydrogens (tertiary/aromatic N) is 2. The summed E-state index contributed by atoms with van der Waals surface area (Å²) < 4.78 is 26.3. The van der Waals surface area contributed by atoms with Gasteiger partial charge < -0.3 is 5.11 Å². The molecule has 0 bridgehead atoms. The molecule has 0 aliphatic carbocycles. The zero-order valence-electron chi connectivity index (χ0n) is 13.6. The van der Waals surface area contributed by atoms with E-state index in [0.29, 0.717) is 6.54 Å². The average Bonchev–Trinajstić information content (AvgIpc) is 2.60. The average molecular weight is 332 g/mol. The third kappa shape index (κ3) is 4.17. The minimum atomic E-state index is -0.800. The van der Waals surface area contributed by atoms with Gasteiger partial charge in [0.15, 0.2) is 11.6 Å². The molecule has 0 radical (unpaired) electrons. The molecule has 1 saturated heterocycles. The second-order valence-corrected chi connectivity index (χ2v) is 6.23. The predicted octanol–water partition coefficient (Wildman–Crippen LogP) is 2.77. The molecule has 2 aromatic rings. The molecule has 1 aliphatic heterocycles. The van der Waals surface area contributed by atoms with Gasteiger partial charge in [-0.3, -0.25) is 9.80 Å². The summed E-state index contributed by atoms with van der Waals surface area (Å²) in [6.45, 7) is 5.15. The molecule has 0 atom stereocenters. The van der Waals surface area contributed by atoms with E-state index in [9.17, 15) is 13.9 Å². The Morgan fingerprint density at radius 1 is 0.792 bits per heavy atom. The van der Waals surface area contributed by atoms with Gasteiger partial charge in [-0.2, -0.15) is 0 Å². The molecule has 0 amide bonds. The van der Waals surface area contributed by atoms with E-state index in [0.717, 1.165) is 49.4 Å². The monoisotopic (exact) mass is 332 g/mol. The highest BCUT2D eigenvalue weighted by molar-refractivity contribution is 5.26. The van der Waals surface area contributed by atoms with Crippen LogP contribution in [0.25, 0.3) is 0 Å². The molecular weight excluding hydrogens is 310 g/mol. The van der Waals surface area contributed by atoms with E-state index in [1.807, 2.05) is 18.2 Å². The van der Waals surface area contributed by atoms with Crippen molar-refractivity contribution in [3.8, 4) is 0 Å². The van der Waals surface area contributed by atoms with Gasteiger partial charge in [-0.05, 0) is 28.8 Å². The number of rotatable bonds is 5. The first kappa shape index (κ1) is 17.0. The molecule has 3 rings (SSSR count). The number of halogens is 2. The zero-order valence-corrected chi connectivity index (χ0v) is 13.6. The van der Waals surface area contributed by atoms with E-state index >= 15 is 0 Å².